The fourth-order valence-electron chi connectivity index (χ4n) is 3.12. The molecule has 0 atom stereocenters. The predicted molar refractivity (Wildman–Crippen MR) is 86.1 cm³/mol. The number of carbonyl (C=O) groups is 1. The predicted octanol–water partition coefficient (Wildman–Crippen LogP) is 2.24. The molecule has 1 aromatic rings. The molecule has 5 nitrogen and oxygen atoms in total. The van der Waals surface area contributed by atoms with Crippen molar-refractivity contribution >= 4 is 5.91 Å². The van der Waals surface area contributed by atoms with E-state index in [-0.39, 0.29) is 5.91 Å². The van der Waals surface area contributed by atoms with Crippen LogP contribution in [0.2, 0.25) is 0 Å². The van der Waals surface area contributed by atoms with Crippen LogP contribution < -0.4 is 15.2 Å². The lowest BCUT2D eigenvalue weighted by atomic mass is 9.97. The molecule has 0 saturated heterocycles. The molecule has 1 aliphatic carbocycles. The molecule has 0 aliphatic heterocycles. The summed E-state index contributed by atoms with van der Waals surface area (Å²) in [6.45, 7) is 2.52. The SMILES string of the molecule is COc1cc(C)c(CN(C)C(=O)C2(N)CCCC2)cc1OC. The van der Waals surface area contributed by atoms with E-state index in [4.69, 9.17) is 15.2 Å². The molecule has 1 amide bonds. The summed E-state index contributed by atoms with van der Waals surface area (Å²) in [5.74, 6) is 1.40. The van der Waals surface area contributed by atoms with Crippen molar-refractivity contribution in [2.24, 2.45) is 5.73 Å². The number of amides is 1. The van der Waals surface area contributed by atoms with Crippen LogP contribution in [0.4, 0.5) is 0 Å². The van der Waals surface area contributed by atoms with Gasteiger partial charge < -0.3 is 20.1 Å². The number of likely N-dealkylation sites (N-methyl/N-ethyl adjacent to an activating group) is 1. The summed E-state index contributed by atoms with van der Waals surface area (Å²) in [7, 11) is 5.04. The number of benzene rings is 1. The Labute approximate surface area is 132 Å². The molecular formula is C17H26N2O3. The van der Waals surface area contributed by atoms with Crippen molar-refractivity contribution in [2.45, 2.75) is 44.7 Å². The molecule has 0 aromatic heterocycles. The number of methoxy groups -OCH3 is 2. The highest BCUT2D eigenvalue weighted by atomic mass is 16.5. The third-order valence-corrected chi connectivity index (χ3v) is 4.52. The normalized spacial score (nSPS) is 16.4. The van der Waals surface area contributed by atoms with Crippen molar-refractivity contribution in [3.8, 4) is 11.5 Å². The van der Waals surface area contributed by atoms with Gasteiger partial charge in [0.15, 0.2) is 11.5 Å². The Morgan fingerprint density at radius 3 is 2.32 bits per heavy atom. The minimum Gasteiger partial charge on any atom is -0.493 e. The third kappa shape index (κ3) is 3.19. The molecule has 5 heteroatoms. The van der Waals surface area contributed by atoms with Gasteiger partial charge in [-0.1, -0.05) is 12.8 Å². The van der Waals surface area contributed by atoms with Gasteiger partial charge in [0, 0.05) is 13.6 Å². The second kappa shape index (κ2) is 6.57. The number of hydrogen-bond acceptors (Lipinski definition) is 4. The molecule has 0 heterocycles. The molecule has 0 radical (unpaired) electrons. The molecule has 22 heavy (non-hydrogen) atoms. The minimum atomic E-state index is -0.681. The fourth-order valence-corrected chi connectivity index (χ4v) is 3.12. The molecule has 1 aromatic carbocycles. The molecule has 1 fully saturated rings. The second-order valence-corrected chi connectivity index (χ2v) is 6.16. The van der Waals surface area contributed by atoms with Crippen molar-refractivity contribution < 1.29 is 14.3 Å². The fraction of sp³-hybridized carbons (Fsp3) is 0.588. The maximum atomic E-state index is 12.6. The van der Waals surface area contributed by atoms with E-state index in [0.29, 0.717) is 18.0 Å². The van der Waals surface area contributed by atoms with Gasteiger partial charge in [-0.25, -0.2) is 0 Å². The first kappa shape index (κ1) is 16.6. The highest BCUT2D eigenvalue weighted by Crippen LogP contribution is 2.32. The molecule has 2 N–H and O–H groups in total. The van der Waals surface area contributed by atoms with Crippen LogP contribution in [0.15, 0.2) is 12.1 Å². The zero-order chi connectivity index (χ0) is 16.3. The number of nitrogens with zero attached hydrogens (tertiary/aromatic N) is 1. The van der Waals surface area contributed by atoms with Gasteiger partial charge in [-0.05, 0) is 43.0 Å². The average molecular weight is 306 g/mol. The number of nitrogens with two attached hydrogens (primary N) is 1. The molecule has 0 unspecified atom stereocenters. The summed E-state index contributed by atoms with van der Waals surface area (Å²) in [4.78, 5) is 14.3. The number of ether oxygens (including phenoxy) is 2. The Bertz CT molecular complexity index is 551. The molecule has 0 bridgehead atoms. The van der Waals surface area contributed by atoms with E-state index in [1.54, 1.807) is 19.1 Å². The summed E-state index contributed by atoms with van der Waals surface area (Å²) in [5, 5.41) is 0. The van der Waals surface area contributed by atoms with Gasteiger partial charge >= 0.3 is 0 Å². The van der Waals surface area contributed by atoms with Crippen molar-refractivity contribution in [3.63, 3.8) is 0 Å². The number of rotatable bonds is 5. The molecule has 0 spiro atoms. The Kier molecular flexibility index (Phi) is 4.96. The van der Waals surface area contributed by atoms with Gasteiger partial charge in [0.05, 0.1) is 19.8 Å². The lowest BCUT2D eigenvalue weighted by Crippen LogP contribution is -2.52. The van der Waals surface area contributed by atoms with Crippen LogP contribution in [0.5, 0.6) is 11.5 Å². The quantitative estimate of drug-likeness (QED) is 0.906. The topological polar surface area (TPSA) is 64.8 Å². The van der Waals surface area contributed by atoms with Gasteiger partial charge in [-0.15, -0.1) is 0 Å². The molecule has 1 saturated carbocycles. The Balaban J connectivity index is 2.17. The van der Waals surface area contributed by atoms with Crippen molar-refractivity contribution in [2.75, 3.05) is 21.3 Å². The monoisotopic (exact) mass is 306 g/mol. The number of hydrogen-bond donors (Lipinski definition) is 1. The summed E-state index contributed by atoms with van der Waals surface area (Å²) in [6.07, 6.45) is 3.62. The van der Waals surface area contributed by atoms with Crippen molar-refractivity contribution in [3.05, 3.63) is 23.3 Å². The van der Waals surface area contributed by atoms with E-state index in [9.17, 15) is 4.79 Å². The van der Waals surface area contributed by atoms with Gasteiger partial charge in [0.25, 0.3) is 0 Å². The van der Waals surface area contributed by atoms with E-state index >= 15 is 0 Å². The summed E-state index contributed by atoms with van der Waals surface area (Å²) >= 11 is 0. The Hall–Kier alpha value is -1.75. The first-order chi connectivity index (χ1) is 10.4. The molecule has 1 aliphatic rings. The zero-order valence-electron chi connectivity index (χ0n) is 13.9. The van der Waals surface area contributed by atoms with Crippen LogP contribution in [0, 0.1) is 6.92 Å². The Morgan fingerprint density at radius 1 is 1.23 bits per heavy atom. The van der Waals surface area contributed by atoms with Crippen LogP contribution in [0.25, 0.3) is 0 Å². The van der Waals surface area contributed by atoms with Gasteiger partial charge in [0.1, 0.15) is 0 Å². The van der Waals surface area contributed by atoms with E-state index in [1.807, 2.05) is 26.1 Å². The zero-order valence-corrected chi connectivity index (χ0v) is 13.9. The maximum absolute atomic E-state index is 12.6. The van der Waals surface area contributed by atoms with E-state index in [2.05, 4.69) is 0 Å². The Morgan fingerprint density at radius 2 is 1.77 bits per heavy atom. The van der Waals surface area contributed by atoms with Crippen LogP contribution >= 0.6 is 0 Å². The van der Waals surface area contributed by atoms with Crippen LogP contribution in [0.1, 0.15) is 36.8 Å². The average Bonchev–Trinajstić information content (AvgIpc) is 2.95. The largest absolute Gasteiger partial charge is 0.493 e. The lowest BCUT2D eigenvalue weighted by Gasteiger charge is -2.29. The lowest BCUT2D eigenvalue weighted by molar-refractivity contribution is -0.136. The van der Waals surface area contributed by atoms with Crippen LogP contribution in [-0.4, -0.2) is 37.6 Å². The first-order valence-electron chi connectivity index (χ1n) is 7.67. The number of aryl methyl sites for hydroxylation is 1. The van der Waals surface area contributed by atoms with Crippen molar-refractivity contribution in [1.82, 2.24) is 4.90 Å². The summed E-state index contributed by atoms with van der Waals surface area (Å²) in [6, 6.07) is 3.86. The highest BCUT2D eigenvalue weighted by Gasteiger charge is 2.38. The van der Waals surface area contributed by atoms with Crippen molar-refractivity contribution in [1.29, 1.82) is 0 Å². The van der Waals surface area contributed by atoms with Crippen LogP contribution in [-0.2, 0) is 11.3 Å². The highest BCUT2D eigenvalue weighted by molar-refractivity contribution is 5.86. The van der Waals surface area contributed by atoms with Gasteiger partial charge in [-0.2, -0.15) is 0 Å². The second-order valence-electron chi connectivity index (χ2n) is 6.16. The minimum absolute atomic E-state index is 0.0270. The summed E-state index contributed by atoms with van der Waals surface area (Å²) < 4.78 is 10.6. The van der Waals surface area contributed by atoms with E-state index in [0.717, 1.165) is 36.8 Å². The van der Waals surface area contributed by atoms with E-state index < -0.39 is 5.54 Å². The van der Waals surface area contributed by atoms with Gasteiger partial charge in [0.2, 0.25) is 5.91 Å². The summed E-state index contributed by atoms with van der Waals surface area (Å²) in [5.41, 5.74) is 7.68. The van der Waals surface area contributed by atoms with E-state index in [1.165, 1.54) is 0 Å². The number of carbonyl (C=O) groups excluding carboxylic acids is 1. The van der Waals surface area contributed by atoms with Gasteiger partial charge in [-0.3, -0.25) is 4.79 Å². The first-order valence-corrected chi connectivity index (χ1v) is 7.67. The third-order valence-electron chi connectivity index (χ3n) is 4.52. The molecular weight excluding hydrogens is 280 g/mol. The van der Waals surface area contributed by atoms with Crippen LogP contribution in [0.3, 0.4) is 0 Å². The molecule has 2 rings (SSSR count). The maximum Gasteiger partial charge on any atom is 0.242 e. The smallest absolute Gasteiger partial charge is 0.242 e. The molecule has 122 valence electrons. The standard InChI is InChI=1S/C17H26N2O3/c1-12-9-14(21-3)15(22-4)10-13(12)11-19(2)16(20)17(18)7-5-6-8-17/h9-10H,5-8,11,18H2,1-4H3.